The van der Waals surface area contributed by atoms with Gasteiger partial charge in [0.25, 0.3) is 0 Å². The molecule has 0 heterocycles. The zero-order chi connectivity index (χ0) is 11.8. The summed E-state index contributed by atoms with van der Waals surface area (Å²) in [5.41, 5.74) is 0. The Bertz CT molecular complexity index is 190. The SMILES string of the molecule is CCCCC(C(=O)O)[S+]([O-])CCC(F)F. The molecule has 0 aliphatic heterocycles. The van der Waals surface area contributed by atoms with Gasteiger partial charge in [0.15, 0.2) is 0 Å². The van der Waals surface area contributed by atoms with Crippen LogP contribution in [0.25, 0.3) is 0 Å². The van der Waals surface area contributed by atoms with Crippen LogP contribution in [0.5, 0.6) is 0 Å². The van der Waals surface area contributed by atoms with Crippen molar-refractivity contribution < 1.29 is 23.2 Å². The van der Waals surface area contributed by atoms with Gasteiger partial charge < -0.3 is 9.66 Å². The maximum Gasteiger partial charge on any atom is 0.357 e. The number of unbranched alkanes of at least 4 members (excludes halogenated alkanes) is 1. The minimum Gasteiger partial charge on any atom is -0.616 e. The van der Waals surface area contributed by atoms with Gasteiger partial charge in [-0.15, -0.1) is 0 Å². The van der Waals surface area contributed by atoms with Crippen molar-refractivity contribution in [2.75, 3.05) is 5.75 Å². The molecule has 0 bridgehead atoms. The van der Waals surface area contributed by atoms with E-state index in [1.165, 1.54) is 0 Å². The maximum atomic E-state index is 11.8. The van der Waals surface area contributed by atoms with E-state index in [9.17, 15) is 18.1 Å². The quantitative estimate of drug-likeness (QED) is 0.662. The highest BCUT2D eigenvalue weighted by molar-refractivity contribution is 7.92. The fraction of sp³-hybridized carbons (Fsp3) is 0.889. The molecule has 2 atom stereocenters. The molecular weight excluding hydrogens is 226 g/mol. The number of carboxylic acids is 1. The predicted molar refractivity (Wildman–Crippen MR) is 54.6 cm³/mol. The lowest BCUT2D eigenvalue weighted by atomic mass is 10.2. The highest BCUT2D eigenvalue weighted by Gasteiger charge is 2.29. The van der Waals surface area contributed by atoms with Crippen LogP contribution in [0.15, 0.2) is 0 Å². The Labute approximate surface area is 91.0 Å². The summed E-state index contributed by atoms with van der Waals surface area (Å²) in [6, 6.07) is 0. The molecule has 1 N–H and O–H groups in total. The molecule has 0 radical (unpaired) electrons. The molecule has 0 amide bonds. The molecule has 0 aromatic rings. The number of hydrogen-bond donors (Lipinski definition) is 1. The minimum absolute atomic E-state index is 0.238. The summed E-state index contributed by atoms with van der Waals surface area (Å²) in [6.45, 7) is 1.89. The first-order chi connectivity index (χ1) is 6.99. The molecule has 15 heavy (non-hydrogen) atoms. The fourth-order valence-corrected chi connectivity index (χ4v) is 2.45. The minimum atomic E-state index is -2.52. The lowest BCUT2D eigenvalue weighted by molar-refractivity contribution is -0.136. The third-order valence-electron chi connectivity index (χ3n) is 1.95. The van der Waals surface area contributed by atoms with E-state index in [-0.39, 0.29) is 5.75 Å². The molecule has 0 fully saturated rings. The number of rotatable bonds is 8. The summed E-state index contributed by atoms with van der Waals surface area (Å²) in [4.78, 5) is 10.7. The number of hydrogen-bond acceptors (Lipinski definition) is 2. The summed E-state index contributed by atoms with van der Waals surface area (Å²) in [7, 11) is 0. The third-order valence-corrected chi connectivity index (χ3v) is 3.66. The molecule has 0 aromatic carbocycles. The van der Waals surface area contributed by atoms with Crippen LogP contribution in [0, 0.1) is 0 Å². The van der Waals surface area contributed by atoms with Gasteiger partial charge in [-0.1, -0.05) is 13.3 Å². The fourth-order valence-electron chi connectivity index (χ4n) is 1.10. The summed E-state index contributed by atoms with van der Waals surface area (Å²) in [5.74, 6) is -1.39. The second-order valence-electron chi connectivity index (χ2n) is 3.23. The van der Waals surface area contributed by atoms with Crippen LogP contribution in [0.1, 0.15) is 32.6 Å². The van der Waals surface area contributed by atoms with E-state index in [1.54, 1.807) is 0 Å². The number of aliphatic carboxylic acids is 1. The smallest absolute Gasteiger partial charge is 0.357 e. The number of halogens is 2. The van der Waals surface area contributed by atoms with E-state index in [1.807, 2.05) is 6.92 Å². The number of carboxylic acid groups (broad SMARTS) is 1. The molecule has 6 heteroatoms. The van der Waals surface area contributed by atoms with Crippen LogP contribution in [-0.4, -0.2) is 33.1 Å². The Balaban J connectivity index is 4.04. The van der Waals surface area contributed by atoms with Crippen molar-refractivity contribution >= 4 is 17.1 Å². The molecule has 3 nitrogen and oxygen atoms in total. The highest BCUT2D eigenvalue weighted by Crippen LogP contribution is 2.14. The molecular formula is C9H16F2O3S. The molecule has 0 spiro atoms. The first-order valence-corrected chi connectivity index (χ1v) is 6.25. The predicted octanol–water partition coefficient (Wildman–Crippen LogP) is 2.03. The molecule has 0 aliphatic rings. The summed E-state index contributed by atoms with van der Waals surface area (Å²) in [6.07, 6.45) is -1.27. The zero-order valence-corrected chi connectivity index (χ0v) is 9.43. The van der Waals surface area contributed by atoms with Crippen LogP contribution in [-0.2, 0) is 16.0 Å². The van der Waals surface area contributed by atoms with Crippen molar-refractivity contribution in [2.45, 2.75) is 44.3 Å². The number of alkyl halides is 2. The molecule has 0 aromatic heterocycles. The Morgan fingerprint density at radius 1 is 1.47 bits per heavy atom. The maximum absolute atomic E-state index is 11.8. The lowest BCUT2D eigenvalue weighted by Crippen LogP contribution is -2.32. The Morgan fingerprint density at radius 3 is 2.47 bits per heavy atom. The second-order valence-corrected chi connectivity index (χ2v) is 4.97. The first-order valence-electron chi connectivity index (χ1n) is 4.87. The van der Waals surface area contributed by atoms with Crippen molar-refractivity contribution in [2.24, 2.45) is 0 Å². The summed E-state index contributed by atoms with van der Waals surface area (Å²) < 4.78 is 35.1. The molecule has 90 valence electrons. The largest absolute Gasteiger partial charge is 0.616 e. The van der Waals surface area contributed by atoms with Crippen LogP contribution in [0.2, 0.25) is 0 Å². The van der Waals surface area contributed by atoms with Gasteiger partial charge in [0, 0.05) is 6.42 Å². The van der Waals surface area contributed by atoms with Gasteiger partial charge in [0.05, 0.1) is 6.42 Å². The molecule has 0 aliphatic carbocycles. The van der Waals surface area contributed by atoms with Gasteiger partial charge in [-0.25, -0.2) is 13.6 Å². The van der Waals surface area contributed by atoms with Crippen LogP contribution < -0.4 is 0 Å². The topological polar surface area (TPSA) is 60.4 Å². The van der Waals surface area contributed by atoms with Gasteiger partial charge in [-0.05, 0) is 17.6 Å². The number of carbonyl (C=O) groups is 1. The van der Waals surface area contributed by atoms with E-state index in [2.05, 4.69) is 0 Å². The van der Waals surface area contributed by atoms with Crippen LogP contribution in [0.3, 0.4) is 0 Å². The van der Waals surface area contributed by atoms with E-state index < -0.39 is 35.2 Å². The monoisotopic (exact) mass is 242 g/mol. The normalized spacial score (nSPS) is 15.3. The highest BCUT2D eigenvalue weighted by atomic mass is 32.2. The summed E-state index contributed by atoms with van der Waals surface area (Å²) >= 11 is -1.69. The van der Waals surface area contributed by atoms with Crippen LogP contribution >= 0.6 is 0 Å². The van der Waals surface area contributed by atoms with E-state index in [0.717, 1.165) is 6.42 Å². The first kappa shape index (κ1) is 14.6. The molecule has 2 unspecified atom stereocenters. The van der Waals surface area contributed by atoms with Gasteiger partial charge in [0.1, 0.15) is 5.75 Å². The zero-order valence-electron chi connectivity index (χ0n) is 8.62. The Hall–Kier alpha value is -0.360. The molecule has 0 saturated heterocycles. The van der Waals surface area contributed by atoms with Crippen molar-refractivity contribution in [1.29, 1.82) is 0 Å². The van der Waals surface area contributed by atoms with Gasteiger partial charge in [-0.3, -0.25) is 0 Å². The van der Waals surface area contributed by atoms with Crippen molar-refractivity contribution in [3.8, 4) is 0 Å². The van der Waals surface area contributed by atoms with E-state index in [4.69, 9.17) is 5.11 Å². The van der Waals surface area contributed by atoms with E-state index in [0.29, 0.717) is 12.8 Å². The van der Waals surface area contributed by atoms with Gasteiger partial charge in [-0.2, -0.15) is 0 Å². The van der Waals surface area contributed by atoms with E-state index >= 15 is 0 Å². The molecule has 0 rings (SSSR count). The Kier molecular flexibility index (Phi) is 7.68. The molecule has 0 saturated carbocycles. The Morgan fingerprint density at radius 2 is 2.07 bits per heavy atom. The third kappa shape index (κ3) is 6.67. The second kappa shape index (κ2) is 7.87. The van der Waals surface area contributed by atoms with Crippen molar-refractivity contribution in [1.82, 2.24) is 0 Å². The average Bonchev–Trinajstić information content (AvgIpc) is 2.14. The van der Waals surface area contributed by atoms with Gasteiger partial charge in [0.2, 0.25) is 11.7 Å². The standard InChI is InChI=1S/C9H16F2O3S/c1-2-3-4-7(9(12)13)15(14)6-5-8(10)11/h7-8H,2-6H2,1H3,(H,12,13). The lowest BCUT2D eigenvalue weighted by Gasteiger charge is -2.17. The average molecular weight is 242 g/mol. The van der Waals surface area contributed by atoms with Crippen LogP contribution in [0.4, 0.5) is 8.78 Å². The van der Waals surface area contributed by atoms with Crippen molar-refractivity contribution in [3.63, 3.8) is 0 Å². The summed E-state index contributed by atoms with van der Waals surface area (Å²) in [5, 5.41) is 7.76. The van der Waals surface area contributed by atoms with Crippen molar-refractivity contribution in [3.05, 3.63) is 0 Å². The van der Waals surface area contributed by atoms with Gasteiger partial charge >= 0.3 is 5.97 Å².